The van der Waals surface area contributed by atoms with Gasteiger partial charge in [-0.25, -0.2) is 0 Å². The molecule has 0 N–H and O–H groups in total. The van der Waals surface area contributed by atoms with Gasteiger partial charge in [-0.2, -0.15) is 4.68 Å². The SMILES string of the molecule is CC(C)(C)c1ccc(/C=C/C(=O)n2nnc3ccccc32)cc1. The molecule has 0 bridgehead atoms. The molecule has 0 radical (unpaired) electrons. The van der Waals surface area contributed by atoms with E-state index < -0.39 is 0 Å². The van der Waals surface area contributed by atoms with Crippen molar-refractivity contribution in [3.63, 3.8) is 0 Å². The molecule has 1 heterocycles. The van der Waals surface area contributed by atoms with Crippen molar-refractivity contribution in [2.75, 3.05) is 0 Å². The van der Waals surface area contributed by atoms with Crippen LogP contribution in [0.2, 0.25) is 0 Å². The van der Waals surface area contributed by atoms with Crippen molar-refractivity contribution in [3.05, 3.63) is 65.7 Å². The van der Waals surface area contributed by atoms with Gasteiger partial charge in [0.15, 0.2) is 0 Å². The lowest BCUT2D eigenvalue weighted by molar-refractivity contribution is 0.0958. The zero-order valence-electron chi connectivity index (χ0n) is 13.5. The van der Waals surface area contributed by atoms with Crippen molar-refractivity contribution in [2.45, 2.75) is 26.2 Å². The molecule has 0 unspecified atom stereocenters. The first-order valence-corrected chi connectivity index (χ1v) is 7.58. The fraction of sp³-hybridized carbons (Fsp3) is 0.211. The van der Waals surface area contributed by atoms with Gasteiger partial charge in [-0.3, -0.25) is 4.79 Å². The maximum absolute atomic E-state index is 12.3. The summed E-state index contributed by atoms with van der Waals surface area (Å²) in [5, 5.41) is 7.91. The Morgan fingerprint density at radius 1 is 1.04 bits per heavy atom. The molecular formula is C19H19N3O. The maximum Gasteiger partial charge on any atom is 0.272 e. The van der Waals surface area contributed by atoms with E-state index in [-0.39, 0.29) is 11.3 Å². The number of carbonyl (C=O) groups is 1. The summed E-state index contributed by atoms with van der Waals surface area (Å²) in [5.74, 6) is -0.210. The first kappa shape index (κ1) is 15.2. The number of hydrogen-bond donors (Lipinski definition) is 0. The Morgan fingerprint density at radius 2 is 1.74 bits per heavy atom. The van der Waals surface area contributed by atoms with E-state index in [1.165, 1.54) is 16.3 Å². The van der Waals surface area contributed by atoms with Crippen molar-refractivity contribution >= 4 is 23.0 Å². The van der Waals surface area contributed by atoms with Crippen molar-refractivity contribution in [1.29, 1.82) is 0 Å². The van der Waals surface area contributed by atoms with Crippen LogP contribution in [0.5, 0.6) is 0 Å². The number of allylic oxidation sites excluding steroid dienone is 1. The van der Waals surface area contributed by atoms with Gasteiger partial charge in [0.05, 0.1) is 5.52 Å². The minimum atomic E-state index is -0.210. The van der Waals surface area contributed by atoms with Gasteiger partial charge < -0.3 is 0 Å². The zero-order valence-corrected chi connectivity index (χ0v) is 13.5. The smallest absolute Gasteiger partial charge is 0.267 e. The van der Waals surface area contributed by atoms with Crippen molar-refractivity contribution in [3.8, 4) is 0 Å². The predicted molar refractivity (Wildman–Crippen MR) is 92.3 cm³/mol. The quantitative estimate of drug-likeness (QED) is 0.670. The lowest BCUT2D eigenvalue weighted by Gasteiger charge is -2.18. The normalized spacial score (nSPS) is 12.1. The van der Waals surface area contributed by atoms with Gasteiger partial charge in [-0.15, -0.1) is 5.10 Å². The highest BCUT2D eigenvalue weighted by molar-refractivity contribution is 5.98. The Labute approximate surface area is 135 Å². The van der Waals surface area contributed by atoms with Gasteiger partial charge in [0.2, 0.25) is 0 Å². The minimum absolute atomic E-state index is 0.123. The molecule has 0 saturated heterocycles. The molecule has 0 fully saturated rings. The summed E-state index contributed by atoms with van der Waals surface area (Å²) in [6, 6.07) is 15.6. The van der Waals surface area contributed by atoms with Crippen LogP contribution in [0.4, 0.5) is 0 Å². The van der Waals surface area contributed by atoms with Crippen LogP contribution in [-0.2, 0) is 5.41 Å². The third-order valence-electron chi connectivity index (χ3n) is 3.76. The lowest BCUT2D eigenvalue weighted by atomic mass is 9.87. The maximum atomic E-state index is 12.3. The second kappa shape index (κ2) is 5.80. The van der Waals surface area contributed by atoms with Gasteiger partial charge in [-0.1, -0.05) is 62.4 Å². The molecule has 2 aromatic carbocycles. The average molecular weight is 305 g/mol. The molecule has 0 aliphatic heterocycles. The van der Waals surface area contributed by atoms with Gasteiger partial charge in [0.25, 0.3) is 5.91 Å². The molecule has 0 aliphatic carbocycles. The second-order valence-electron chi connectivity index (χ2n) is 6.53. The summed E-state index contributed by atoms with van der Waals surface area (Å²) in [6.07, 6.45) is 3.32. The Kier molecular flexibility index (Phi) is 3.82. The Balaban J connectivity index is 1.81. The summed E-state index contributed by atoms with van der Waals surface area (Å²) in [7, 11) is 0. The number of carbonyl (C=O) groups excluding carboxylic acids is 1. The highest BCUT2D eigenvalue weighted by atomic mass is 16.2. The molecule has 4 heteroatoms. The van der Waals surface area contributed by atoms with Crippen LogP contribution < -0.4 is 0 Å². The topological polar surface area (TPSA) is 47.8 Å². The number of aromatic nitrogens is 3. The molecule has 1 aromatic heterocycles. The summed E-state index contributed by atoms with van der Waals surface area (Å²) < 4.78 is 1.31. The zero-order chi connectivity index (χ0) is 16.4. The van der Waals surface area contributed by atoms with Crippen molar-refractivity contribution in [2.24, 2.45) is 0 Å². The molecule has 116 valence electrons. The number of para-hydroxylation sites is 1. The fourth-order valence-electron chi connectivity index (χ4n) is 2.36. The van der Waals surface area contributed by atoms with E-state index in [2.05, 4.69) is 43.2 Å². The van der Waals surface area contributed by atoms with Crippen LogP contribution in [0.15, 0.2) is 54.6 Å². The third-order valence-corrected chi connectivity index (χ3v) is 3.76. The molecule has 0 saturated carbocycles. The Morgan fingerprint density at radius 3 is 2.43 bits per heavy atom. The highest BCUT2D eigenvalue weighted by Crippen LogP contribution is 2.22. The third kappa shape index (κ3) is 3.21. The summed E-state index contributed by atoms with van der Waals surface area (Å²) in [6.45, 7) is 6.53. The van der Waals surface area contributed by atoms with Crippen LogP contribution in [-0.4, -0.2) is 20.9 Å². The van der Waals surface area contributed by atoms with E-state index in [1.54, 1.807) is 6.08 Å². The molecule has 0 aliphatic rings. The molecular weight excluding hydrogens is 286 g/mol. The molecule has 23 heavy (non-hydrogen) atoms. The number of benzene rings is 2. The highest BCUT2D eigenvalue weighted by Gasteiger charge is 2.12. The first-order valence-electron chi connectivity index (χ1n) is 7.58. The van der Waals surface area contributed by atoms with Gasteiger partial charge in [0, 0.05) is 6.08 Å². The molecule has 0 atom stereocenters. The van der Waals surface area contributed by atoms with Gasteiger partial charge in [-0.05, 0) is 34.8 Å². The Bertz CT molecular complexity index is 868. The van der Waals surface area contributed by atoms with Crippen LogP contribution >= 0.6 is 0 Å². The second-order valence-corrected chi connectivity index (χ2v) is 6.53. The monoisotopic (exact) mass is 305 g/mol. The van der Waals surface area contributed by atoms with Crippen LogP contribution in [0.25, 0.3) is 17.1 Å². The molecule has 3 rings (SSSR count). The van der Waals surface area contributed by atoms with E-state index in [1.807, 2.05) is 36.4 Å². The van der Waals surface area contributed by atoms with E-state index in [0.717, 1.165) is 5.56 Å². The summed E-state index contributed by atoms with van der Waals surface area (Å²) >= 11 is 0. The van der Waals surface area contributed by atoms with Gasteiger partial charge in [0.1, 0.15) is 5.52 Å². The molecule has 0 amide bonds. The average Bonchev–Trinajstić information content (AvgIpc) is 2.96. The number of nitrogens with zero attached hydrogens (tertiary/aromatic N) is 3. The first-order chi connectivity index (χ1) is 10.9. The van der Waals surface area contributed by atoms with Crippen LogP contribution in [0.1, 0.15) is 36.7 Å². The van der Waals surface area contributed by atoms with E-state index in [4.69, 9.17) is 0 Å². The Hall–Kier alpha value is -2.75. The van der Waals surface area contributed by atoms with Crippen molar-refractivity contribution < 1.29 is 4.79 Å². The lowest BCUT2D eigenvalue weighted by Crippen LogP contribution is -2.10. The van der Waals surface area contributed by atoms with E-state index >= 15 is 0 Å². The molecule has 3 aromatic rings. The summed E-state index contributed by atoms with van der Waals surface area (Å²) in [5.41, 5.74) is 3.80. The van der Waals surface area contributed by atoms with E-state index in [9.17, 15) is 4.79 Å². The van der Waals surface area contributed by atoms with Gasteiger partial charge >= 0.3 is 0 Å². The standard InChI is InChI=1S/C19H19N3O/c1-19(2,3)15-11-8-14(9-12-15)10-13-18(23)22-17-7-5-4-6-16(17)20-21-22/h4-13H,1-3H3/b13-10+. The number of fused-ring (bicyclic) bond motifs is 1. The summed E-state index contributed by atoms with van der Waals surface area (Å²) in [4.78, 5) is 12.3. The molecule has 0 spiro atoms. The largest absolute Gasteiger partial charge is 0.272 e. The minimum Gasteiger partial charge on any atom is -0.267 e. The van der Waals surface area contributed by atoms with Crippen molar-refractivity contribution in [1.82, 2.24) is 15.0 Å². The van der Waals surface area contributed by atoms with Crippen LogP contribution in [0.3, 0.4) is 0 Å². The molecule has 4 nitrogen and oxygen atoms in total. The van der Waals surface area contributed by atoms with E-state index in [0.29, 0.717) is 11.0 Å². The predicted octanol–water partition coefficient (Wildman–Crippen LogP) is 4.08. The number of hydrogen-bond acceptors (Lipinski definition) is 3. The number of rotatable bonds is 2. The fourth-order valence-corrected chi connectivity index (χ4v) is 2.36. The van der Waals surface area contributed by atoms with Crippen LogP contribution in [0, 0.1) is 0 Å².